The lowest BCUT2D eigenvalue weighted by atomic mass is 10.1. The molecule has 2 rings (SSSR count). The van der Waals surface area contributed by atoms with Crippen molar-refractivity contribution < 1.29 is 9.53 Å². The van der Waals surface area contributed by atoms with Crippen LogP contribution in [0.25, 0.3) is 0 Å². The lowest BCUT2D eigenvalue weighted by molar-refractivity contribution is -0.114. The minimum atomic E-state index is -0.0604. The molecule has 0 saturated heterocycles. The summed E-state index contributed by atoms with van der Waals surface area (Å²) in [5.74, 6) is 0.768. The van der Waals surface area contributed by atoms with Gasteiger partial charge in [-0.05, 0) is 49.2 Å². The number of amides is 1. The van der Waals surface area contributed by atoms with E-state index in [4.69, 9.17) is 4.74 Å². The molecule has 2 N–H and O–H groups in total. The molecule has 2 aromatic rings. The number of anilines is 2. The van der Waals surface area contributed by atoms with Gasteiger partial charge in [0, 0.05) is 11.4 Å². The van der Waals surface area contributed by atoms with Crippen LogP contribution in [0.2, 0.25) is 0 Å². The number of nitrogens with one attached hydrogen (secondary N) is 2. The van der Waals surface area contributed by atoms with Gasteiger partial charge in [-0.2, -0.15) is 0 Å². The third-order valence-corrected chi connectivity index (χ3v) is 3.29. The van der Waals surface area contributed by atoms with Crippen LogP contribution >= 0.6 is 0 Å². The number of hydrogen-bond acceptors (Lipinski definition) is 3. The van der Waals surface area contributed by atoms with Crippen LogP contribution in [0.15, 0.2) is 48.5 Å². The van der Waals surface area contributed by atoms with E-state index in [1.54, 1.807) is 0 Å². The normalized spacial score (nSPS) is 10.1. The number of rotatable bonds is 7. The van der Waals surface area contributed by atoms with Crippen LogP contribution < -0.4 is 15.4 Å². The Morgan fingerprint density at radius 2 is 1.77 bits per heavy atom. The van der Waals surface area contributed by atoms with Gasteiger partial charge in [0.2, 0.25) is 5.91 Å². The lowest BCUT2D eigenvalue weighted by Gasteiger charge is -2.11. The molecule has 0 unspecified atom stereocenters. The van der Waals surface area contributed by atoms with E-state index in [1.807, 2.05) is 55.5 Å². The maximum Gasteiger partial charge on any atom is 0.243 e. The van der Waals surface area contributed by atoms with E-state index >= 15 is 0 Å². The third-order valence-electron chi connectivity index (χ3n) is 3.29. The Bertz CT molecular complexity index is 609. The highest BCUT2D eigenvalue weighted by Crippen LogP contribution is 2.17. The molecule has 0 heterocycles. The minimum Gasteiger partial charge on any atom is -0.494 e. The van der Waals surface area contributed by atoms with Gasteiger partial charge in [0.25, 0.3) is 0 Å². The summed E-state index contributed by atoms with van der Waals surface area (Å²) in [6, 6.07) is 15.4. The maximum atomic E-state index is 12.0. The number of ether oxygens (including phenoxy) is 1. The van der Waals surface area contributed by atoms with Crippen molar-refractivity contribution in [3.8, 4) is 5.75 Å². The number of carbonyl (C=O) groups is 1. The monoisotopic (exact) mass is 298 g/mol. The van der Waals surface area contributed by atoms with Crippen molar-refractivity contribution in [3.63, 3.8) is 0 Å². The Labute approximate surface area is 131 Å². The SMILES string of the molecule is CCOc1ccc(NCC(=O)Nc2ccccc2CC)cc1. The zero-order chi connectivity index (χ0) is 15.8. The average Bonchev–Trinajstić information content (AvgIpc) is 2.55. The predicted octanol–water partition coefficient (Wildman–Crippen LogP) is 3.70. The van der Waals surface area contributed by atoms with Crippen molar-refractivity contribution >= 4 is 17.3 Å². The fourth-order valence-corrected chi connectivity index (χ4v) is 2.16. The molecule has 0 spiro atoms. The van der Waals surface area contributed by atoms with Gasteiger partial charge >= 0.3 is 0 Å². The van der Waals surface area contributed by atoms with Crippen LogP contribution in [0, 0.1) is 0 Å². The van der Waals surface area contributed by atoms with Gasteiger partial charge in [0.15, 0.2) is 0 Å². The Morgan fingerprint density at radius 3 is 2.45 bits per heavy atom. The number of aryl methyl sites for hydroxylation is 1. The summed E-state index contributed by atoms with van der Waals surface area (Å²) < 4.78 is 5.38. The van der Waals surface area contributed by atoms with Crippen molar-refractivity contribution in [2.24, 2.45) is 0 Å². The summed E-state index contributed by atoms with van der Waals surface area (Å²) in [7, 11) is 0. The molecule has 1 amide bonds. The third kappa shape index (κ3) is 4.52. The van der Waals surface area contributed by atoms with Crippen LogP contribution in [-0.2, 0) is 11.2 Å². The van der Waals surface area contributed by atoms with E-state index in [0.717, 1.165) is 29.1 Å². The van der Waals surface area contributed by atoms with E-state index in [1.165, 1.54) is 0 Å². The minimum absolute atomic E-state index is 0.0604. The van der Waals surface area contributed by atoms with Crippen LogP contribution in [0.5, 0.6) is 5.75 Å². The summed E-state index contributed by atoms with van der Waals surface area (Å²) in [5.41, 5.74) is 2.91. The van der Waals surface area contributed by atoms with Crippen molar-refractivity contribution in [1.29, 1.82) is 0 Å². The molecule has 2 aromatic carbocycles. The standard InChI is InChI=1S/C18H22N2O2/c1-3-14-7-5-6-8-17(14)20-18(21)13-19-15-9-11-16(12-10-15)22-4-2/h5-12,19H,3-4,13H2,1-2H3,(H,20,21). The maximum absolute atomic E-state index is 12.0. The summed E-state index contributed by atoms with van der Waals surface area (Å²) in [6.07, 6.45) is 0.892. The smallest absolute Gasteiger partial charge is 0.243 e. The summed E-state index contributed by atoms with van der Waals surface area (Å²) in [6.45, 7) is 4.89. The van der Waals surface area contributed by atoms with E-state index in [-0.39, 0.29) is 12.5 Å². The molecule has 0 aromatic heterocycles. The first-order valence-electron chi connectivity index (χ1n) is 7.57. The summed E-state index contributed by atoms with van der Waals surface area (Å²) >= 11 is 0. The zero-order valence-electron chi connectivity index (χ0n) is 13.1. The molecule has 0 aliphatic heterocycles. The van der Waals surface area contributed by atoms with E-state index in [2.05, 4.69) is 17.6 Å². The fourth-order valence-electron chi connectivity index (χ4n) is 2.16. The highest BCUT2D eigenvalue weighted by molar-refractivity contribution is 5.94. The molecule has 0 atom stereocenters. The molecule has 4 heteroatoms. The second-order valence-corrected chi connectivity index (χ2v) is 4.87. The molecular weight excluding hydrogens is 276 g/mol. The second-order valence-electron chi connectivity index (χ2n) is 4.87. The highest BCUT2D eigenvalue weighted by atomic mass is 16.5. The topological polar surface area (TPSA) is 50.4 Å². The Morgan fingerprint density at radius 1 is 1.05 bits per heavy atom. The Balaban J connectivity index is 1.87. The Kier molecular flexibility index (Phi) is 5.83. The summed E-state index contributed by atoms with van der Waals surface area (Å²) in [5, 5.41) is 6.04. The van der Waals surface area contributed by atoms with Crippen molar-refractivity contribution in [3.05, 3.63) is 54.1 Å². The van der Waals surface area contributed by atoms with Gasteiger partial charge in [0.05, 0.1) is 13.2 Å². The highest BCUT2D eigenvalue weighted by Gasteiger charge is 2.05. The number of hydrogen-bond donors (Lipinski definition) is 2. The second kappa shape index (κ2) is 8.08. The van der Waals surface area contributed by atoms with E-state index in [0.29, 0.717) is 6.61 Å². The molecule has 0 radical (unpaired) electrons. The first-order chi connectivity index (χ1) is 10.7. The summed E-state index contributed by atoms with van der Waals surface area (Å²) in [4.78, 5) is 12.0. The van der Waals surface area contributed by atoms with Gasteiger partial charge in [-0.1, -0.05) is 25.1 Å². The molecule has 4 nitrogen and oxygen atoms in total. The van der Waals surface area contributed by atoms with E-state index in [9.17, 15) is 4.79 Å². The van der Waals surface area contributed by atoms with Gasteiger partial charge in [-0.25, -0.2) is 0 Å². The molecule has 0 saturated carbocycles. The Hall–Kier alpha value is -2.49. The molecule has 0 aliphatic rings. The van der Waals surface area contributed by atoms with Gasteiger partial charge in [-0.3, -0.25) is 4.79 Å². The van der Waals surface area contributed by atoms with Gasteiger partial charge in [0.1, 0.15) is 5.75 Å². The molecule has 22 heavy (non-hydrogen) atoms. The van der Waals surface area contributed by atoms with Gasteiger partial charge < -0.3 is 15.4 Å². The van der Waals surface area contributed by atoms with Crippen LogP contribution in [0.4, 0.5) is 11.4 Å². The molecule has 0 aliphatic carbocycles. The van der Waals surface area contributed by atoms with Crippen molar-refractivity contribution in [2.45, 2.75) is 20.3 Å². The van der Waals surface area contributed by atoms with Crippen LogP contribution in [-0.4, -0.2) is 19.1 Å². The first kappa shape index (κ1) is 15.9. The van der Waals surface area contributed by atoms with E-state index < -0.39 is 0 Å². The van der Waals surface area contributed by atoms with Crippen LogP contribution in [0.1, 0.15) is 19.4 Å². The average molecular weight is 298 g/mol. The quantitative estimate of drug-likeness (QED) is 0.819. The number of para-hydroxylation sites is 1. The van der Waals surface area contributed by atoms with Crippen LogP contribution in [0.3, 0.4) is 0 Å². The molecular formula is C18H22N2O2. The molecule has 116 valence electrons. The molecule has 0 fully saturated rings. The van der Waals surface area contributed by atoms with Crippen molar-refractivity contribution in [1.82, 2.24) is 0 Å². The predicted molar refractivity (Wildman–Crippen MR) is 90.6 cm³/mol. The fraction of sp³-hybridized carbons (Fsp3) is 0.278. The molecule has 0 bridgehead atoms. The largest absolute Gasteiger partial charge is 0.494 e. The first-order valence-corrected chi connectivity index (χ1v) is 7.57. The number of benzene rings is 2. The van der Waals surface area contributed by atoms with Gasteiger partial charge in [-0.15, -0.1) is 0 Å². The zero-order valence-corrected chi connectivity index (χ0v) is 13.1. The number of carbonyl (C=O) groups excluding carboxylic acids is 1. The van der Waals surface area contributed by atoms with Crippen molar-refractivity contribution in [2.75, 3.05) is 23.8 Å². The lowest BCUT2D eigenvalue weighted by Crippen LogP contribution is -2.22.